The van der Waals surface area contributed by atoms with Crippen LogP contribution in [0.3, 0.4) is 0 Å². The van der Waals surface area contributed by atoms with Gasteiger partial charge in [-0.15, -0.1) is 11.8 Å². The highest BCUT2D eigenvalue weighted by molar-refractivity contribution is 8.09. The fourth-order valence-corrected chi connectivity index (χ4v) is 6.27. The van der Waals surface area contributed by atoms with Crippen molar-refractivity contribution in [3.63, 3.8) is 0 Å². The van der Waals surface area contributed by atoms with E-state index >= 15 is 0 Å². The highest BCUT2D eigenvalue weighted by atomic mass is 32.2. The largest absolute Gasteiger partial charge is 0.452 e. The summed E-state index contributed by atoms with van der Waals surface area (Å²) in [5.41, 5.74) is 0. The molecule has 2 atom stereocenters. The summed E-state index contributed by atoms with van der Waals surface area (Å²) in [5.74, 6) is 0.849. The maximum Gasteiger partial charge on any atom is 0.423 e. The number of imide groups is 3. The summed E-state index contributed by atoms with van der Waals surface area (Å²) in [6.45, 7) is 2.10. The molecule has 3 amide bonds. The first-order valence-electron chi connectivity index (χ1n) is 8.38. The van der Waals surface area contributed by atoms with Crippen LogP contribution in [0.2, 0.25) is 0 Å². The van der Waals surface area contributed by atoms with Crippen molar-refractivity contribution >= 4 is 53.2 Å². The molecule has 0 radical (unpaired) electrons. The molecule has 0 saturated heterocycles. The topological polar surface area (TPSA) is 63.7 Å². The zero-order valence-corrected chi connectivity index (χ0v) is 17.4. The second-order valence-corrected chi connectivity index (χ2v) is 9.38. The van der Waals surface area contributed by atoms with Crippen molar-refractivity contribution in [1.82, 2.24) is 4.90 Å². The molecule has 5 nitrogen and oxygen atoms in total. The molecule has 0 aliphatic carbocycles. The SMILES string of the molecule is COC(=O)N1C(=O)C(Sc2ccccc2)=C(SC2CSCC=CC2C)C1=O. The van der Waals surface area contributed by atoms with Gasteiger partial charge in [-0.2, -0.15) is 16.7 Å². The molecule has 0 bridgehead atoms. The van der Waals surface area contributed by atoms with E-state index in [1.807, 2.05) is 30.3 Å². The number of amides is 3. The monoisotopic (exact) mass is 421 g/mol. The van der Waals surface area contributed by atoms with Crippen LogP contribution in [0, 0.1) is 5.92 Å². The van der Waals surface area contributed by atoms with E-state index in [1.54, 1.807) is 11.8 Å². The number of methoxy groups -OCH3 is 1. The lowest BCUT2D eigenvalue weighted by Crippen LogP contribution is -2.37. The molecule has 8 heteroatoms. The van der Waals surface area contributed by atoms with Crippen molar-refractivity contribution in [3.8, 4) is 0 Å². The summed E-state index contributed by atoms with van der Waals surface area (Å²) in [7, 11) is 1.16. The third-order valence-electron chi connectivity index (χ3n) is 4.11. The average Bonchev–Trinajstić information content (AvgIpc) is 2.80. The number of benzene rings is 1. The van der Waals surface area contributed by atoms with Crippen LogP contribution < -0.4 is 0 Å². The molecule has 0 aromatic heterocycles. The van der Waals surface area contributed by atoms with Crippen molar-refractivity contribution in [2.45, 2.75) is 17.1 Å². The molecule has 27 heavy (non-hydrogen) atoms. The van der Waals surface area contributed by atoms with E-state index in [-0.39, 0.29) is 16.1 Å². The predicted octanol–water partition coefficient (Wildman–Crippen LogP) is 4.17. The highest BCUT2D eigenvalue weighted by Crippen LogP contribution is 2.43. The Labute approximate surface area is 171 Å². The number of allylic oxidation sites excluding steroid dienone is 1. The van der Waals surface area contributed by atoms with E-state index in [0.29, 0.717) is 9.81 Å². The van der Waals surface area contributed by atoms with Gasteiger partial charge in [-0.25, -0.2) is 4.79 Å². The molecule has 2 heterocycles. The summed E-state index contributed by atoms with van der Waals surface area (Å²) >= 11 is 4.39. The Kier molecular flexibility index (Phi) is 6.73. The summed E-state index contributed by atoms with van der Waals surface area (Å²) in [4.78, 5) is 39.7. The lowest BCUT2D eigenvalue weighted by atomic mass is 10.1. The van der Waals surface area contributed by atoms with Gasteiger partial charge in [-0.3, -0.25) is 9.59 Å². The molecule has 2 aliphatic heterocycles. The zero-order valence-electron chi connectivity index (χ0n) is 14.9. The van der Waals surface area contributed by atoms with E-state index in [9.17, 15) is 14.4 Å². The first kappa shape index (κ1) is 20.1. The summed E-state index contributed by atoms with van der Waals surface area (Å²) in [5, 5.41) is 0.143. The molecule has 1 aromatic rings. The number of rotatable bonds is 4. The van der Waals surface area contributed by atoms with Crippen LogP contribution in [0.1, 0.15) is 6.92 Å². The van der Waals surface area contributed by atoms with Crippen LogP contribution in [-0.4, -0.2) is 46.7 Å². The van der Waals surface area contributed by atoms with E-state index in [2.05, 4.69) is 23.8 Å². The standard InChI is InChI=1S/C19H19NO4S3/c1-12-7-6-10-25-11-14(12)27-16-15(26-13-8-4-3-5-9-13)17(21)20(18(16)22)19(23)24-2/h3-9,12,14H,10-11H2,1-2H3. The maximum absolute atomic E-state index is 12.9. The number of carbonyl (C=O) groups excluding carboxylic acids is 3. The van der Waals surface area contributed by atoms with Crippen LogP contribution >= 0.6 is 35.3 Å². The number of hydrogen-bond acceptors (Lipinski definition) is 7. The molecule has 0 N–H and O–H groups in total. The molecule has 142 valence electrons. The van der Waals surface area contributed by atoms with Crippen molar-refractivity contribution in [2.24, 2.45) is 5.92 Å². The first-order valence-corrected chi connectivity index (χ1v) is 11.2. The van der Waals surface area contributed by atoms with Gasteiger partial charge in [0.2, 0.25) is 0 Å². The van der Waals surface area contributed by atoms with Crippen molar-refractivity contribution < 1.29 is 19.1 Å². The first-order chi connectivity index (χ1) is 13.0. The molecule has 1 aromatic carbocycles. The fourth-order valence-electron chi connectivity index (χ4n) is 2.64. The van der Waals surface area contributed by atoms with E-state index in [0.717, 1.165) is 23.5 Å². The Balaban J connectivity index is 1.94. The Morgan fingerprint density at radius 1 is 1.19 bits per heavy atom. The van der Waals surface area contributed by atoms with E-state index in [4.69, 9.17) is 0 Å². The quantitative estimate of drug-likeness (QED) is 0.534. The molecule has 0 saturated carbocycles. The van der Waals surface area contributed by atoms with Crippen LogP contribution in [0.25, 0.3) is 0 Å². The minimum absolute atomic E-state index is 0.143. The molecular formula is C19H19NO4S3. The predicted molar refractivity (Wildman–Crippen MR) is 111 cm³/mol. The summed E-state index contributed by atoms with van der Waals surface area (Å²) in [6.07, 6.45) is 3.32. The Morgan fingerprint density at radius 2 is 1.89 bits per heavy atom. The number of hydrogen-bond donors (Lipinski definition) is 0. The Bertz CT molecular complexity index is 806. The number of nitrogens with zero attached hydrogens (tertiary/aromatic N) is 1. The molecule has 0 spiro atoms. The number of ether oxygens (including phenoxy) is 1. The highest BCUT2D eigenvalue weighted by Gasteiger charge is 2.44. The number of carbonyl (C=O) groups is 3. The van der Waals surface area contributed by atoms with Gasteiger partial charge in [0.25, 0.3) is 11.8 Å². The van der Waals surface area contributed by atoms with Crippen LogP contribution in [0.4, 0.5) is 4.79 Å². The minimum Gasteiger partial charge on any atom is -0.452 e. The average molecular weight is 422 g/mol. The third kappa shape index (κ3) is 4.44. The van der Waals surface area contributed by atoms with Crippen molar-refractivity contribution in [3.05, 3.63) is 52.3 Å². The normalized spacial score (nSPS) is 23.0. The van der Waals surface area contributed by atoms with Gasteiger partial charge in [0.05, 0.1) is 16.9 Å². The Hall–Kier alpha value is -1.64. The van der Waals surface area contributed by atoms with Crippen LogP contribution in [0.15, 0.2) is 57.2 Å². The fraction of sp³-hybridized carbons (Fsp3) is 0.316. The zero-order chi connectivity index (χ0) is 19.4. The second kappa shape index (κ2) is 9.03. The van der Waals surface area contributed by atoms with Crippen LogP contribution in [-0.2, 0) is 14.3 Å². The number of thioether (sulfide) groups is 3. The van der Waals surface area contributed by atoms with Gasteiger partial charge >= 0.3 is 6.09 Å². The molecule has 3 rings (SSSR count). The maximum atomic E-state index is 12.9. The Morgan fingerprint density at radius 3 is 2.59 bits per heavy atom. The van der Waals surface area contributed by atoms with Gasteiger partial charge in [0.1, 0.15) is 0 Å². The molecule has 0 fully saturated rings. The second-order valence-electron chi connectivity index (χ2n) is 5.97. The van der Waals surface area contributed by atoms with E-state index < -0.39 is 17.9 Å². The van der Waals surface area contributed by atoms with Gasteiger partial charge in [-0.1, -0.05) is 49.0 Å². The van der Waals surface area contributed by atoms with Gasteiger partial charge < -0.3 is 4.74 Å². The molecule has 2 unspecified atom stereocenters. The van der Waals surface area contributed by atoms with Crippen LogP contribution in [0.5, 0.6) is 0 Å². The van der Waals surface area contributed by atoms with Gasteiger partial charge in [0.15, 0.2) is 0 Å². The van der Waals surface area contributed by atoms with Crippen molar-refractivity contribution in [2.75, 3.05) is 18.6 Å². The van der Waals surface area contributed by atoms with Gasteiger partial charge in [-0.05, 0) is 18.1 Å². The molecule has 2 aliphatic rings. The van der Waals surface area contributed by atoms with E-state index in [1.165, 1.54) is 23.5 Å². The smallest absolute Gasteiger partial charge is 0.423 e. The molecular weight excluding hydrogens is 402 g/mol. The third-order valence-corrected chi connectivity index (χ3v) is 8.08. The minimum atomic E-state index is -0.949. The lowest BCUT2D eigenvalue weighted by molar-refractivity contribution is -0.134. The van der Waals surface area contributed by atoms with Crippen molar-refractivity contribution in [1.29, 1.82) is 0 Å². The summed E-state index contributed by atoms with van der Waals surface area (Å²) in [6, 6.07) is 9.34. The lowest BCUT2D eigenvalue weighted by Gasteiger charge is -2.19. The summed E-state index contributed by atoms with van der Waals surface area (Å²) < 4.78 is 4.64. The van der Waals surface area contributed by atoms with Gasteiger partial charge in [0, 0.05) is 21.7 Å².